The Kier molecular flexibility index (Phi) is 4.07. The Morgan fingerprint density at radius 1 is 0.962 bits per heavy atom. The third kappa shape index (κ3) is 3.00. The van der Waals surface area contributed by atoms with Crippen LogP contribution in [0.3, 0.4) is 0 Å². The fourth-order valence-electron chi connectivity index (χ4n) is 2.68. The Labute approximate surface area is 154 Å². The molecule has 1 N–H and O–H groups in total. The number of nitrogens with zero attached hydrogens (tertiary/aromatic N) is 1. The van der Waals surface area contributed by atoms with Crippen molar-refractivity contribution < 1.29 is 14.0 Å². The molecule has 1 aliphatic rings. The van der Waals surface area contributed by atoms with Gasteiger partial charge in [-0.3, -0.25) is 15.0 Å². The number of carbonyl (C=O) groups excluding carboxylic acids is 2. The Balaban J connectivity index is 1.63. The van der Waals surface area contributed by atoms with Crippen molar-refractivity contribution in [2.45, 2.75) is 0 Å². The summed E-state index contributed by atoms with van der Waals surface area (Å²) in [6.45, 7) is 0. The highest BCUT2D eigenvalue weighted by Gasteiger charge is 2.34. The highest BCUT2D eigenvalue weighted by Crippen LogP contribution is 2.26. The molecule has 0 saturated carbocycles. The van der Waals surface area contributed by atoms with Crippen molar-refractivity contribution in [3.8, 4) is 11.3 Å². The molecule has 128 valence electrons. The number of hydrazine groups is 1. The molecule has 2 aromatic carbocycles. The number of halogens is 1. The third-order valence-corrected chi connectivity index (χ3v) is 4.16. The van der Waals surface area contributed by atoms with Crippen molar-refractivity contribution in [3.05, 3.63) is 83.1 Å². The van der Waals surface area contributed by atoms with Crippen molar-refractivity contribution in [3.63, 3.8) is 0 Å². The first-order valence-corrected chi connectivity index (χ1v) is 8.27. The van der Waals surface area contributed by atoms with Gasteiger partial charge in [0.25, 0.3) is 11.8 Å². The number of anilines is 1. The molecule has 5 nitrogen and oxygen atoms in total. The lowest BCUT2D eigenvalue weighted by molar-refractivity contribution is -0.117. The number of nitrogens with one attached hydrogen (secondary N) is 1. The molecule has 0 spiro atoms. The molecule has 1 aromatic heterocycles. The van der Waals surface area contributed by atoms with E-state index in [2.05, 4.69) is 5.43 Å². The number of rotatable bonds is 3. The summed E-state index contributed by atoms with van der Waals surface area (Å²) in [5, 5.41) is 1.64. The molecule has 0 aliphatic carbocycles. The maximum absolute atomic E-state index is 12.6. The van der Waals surface area contributed by atoms with Gasteiger partial charge in [-0.2, -0.15) is 0 Å². The van der Waals surface area contributed by atoms with Gasteiger partial charge >= 0.3 is 0 Å². The molecule has 1 aliphatic heterocycles. The van der Waals surface area contributed by atoms with E-state index in [1.54, 1.807) is 36.4 Å². The van der Waals surface area contributed by atoms with Crippen molar-refractivity contribution in [2.75, 3.05) is 5.01 Å². The minimum atomic E-state index is -0.493. The number of amides is 2. The van der Waals surface area contributed by atoms with Crippen molar-refractivity contribution in [1.82, 2.24) is 5.43 Å². The van der Waals surface area contributed by atoms with E-state index in [0.717, 1.165) is 5.56 Å². The van der Waals surface area contributed by atoms with E-state index in [1.165, 1.54) is 11.1 Å². The molecule has 26 heavy (non-hydrogen) atoms. The highest BCUT2D eigenvalue weighted by molar-refractivity contribution is 6.33. The van der Waals surface area contributed by atoms with E-state index >= 15 is 0 Å². The lowest BCUT2D eigenvalue weighted by Crippen LogP contribution is -2.35. The first-order chi connectivity index (χ1) is 12.6. The lowest BCUT2D eigenvalue weighted by Gasteiger charge is -2.14. The normalized spacial score (nSPS) is 15.6. The van der Waals surface area contributed by atoms with Gasteiger partial charge in [-0.05, 0) is 36.4 Å². The van der Waals surface area contributed by atoms with Crippen LogP contribution in [0, 0.1) is 0 Å². The standard InChI is InChI=1S/C20H13ClN2O3/c21-14-7-4-8-15(11-14)23-20(25)17(19(24)22-23)12-16-9-10-18(26-16)13-5-2-1-3-6-13/h1-12H,(H,22,24)/b17-12-. The van der Waals surface area contributed by atoms with Crippen molar-refractivity contribution >= 4 is 35.2 Å². The van der Waals surface area contributed by atoms with E-state index in [9.17, 15) is 9.59 Å². The molecule has 1 fully saturated rings. The molecule has 0 atom stereocenters. The van der Waals surface area contributed by atoms with Gasteiger partial charge in [0.15, 0.2) is 0 Å². The molecule has 3 aromatic rings. The molecule has 1 saturated heterocycles. The van der Waals surface area contributed by atoms with Gasteiger partial charge in [-0.25, -0.2) is 5.01 Å². The first kappa shape index (κ1) is 16.2. The van der Waals surface area contributed by atoms with Gasteiger partial charge in [-0.1, -0.05) is 48.0 Å². The minimum Gasteiger partial charge on any atom is -0.457 e. The second-order valence-electron chi connectivity index (χ2n) is 5.69. The van der Waals surface area contributed by atoms with Crippen LogP contribution in [0.4, 0.5) is 5.69 Å². The van der Waals surface area contributed by atoms with Crippen LogP contribution in [-0.4, -0.2) is 11.8 Å². The van der Waals surface area contributed by atoms with Crippen molar-refractivity contribution in [2.24, 2.45) is 0 Å². The van der Waals surface area contributed by atoms with Gasteiger partial charge < -0.3 is 4.42 Å². The SMILES string of the molecule is O=C1NN(c2cccc(Cl)c2)C(=O)/C1=C\c1ccc(-c2ccccc2)o1. The van der Waals surface area contributed by atoms with E-state index in [4.69, 9.17) is 16.0 Å². The Hall–Kier alpha value is -3.31. The summed E-state index contributed by atoms with van der Waals surface area (Å²) in [7, 11) is 0. The molecular weight excluding hydrogens is 352 g/mol. The maximum atomic E-state index is 12.6. The summed E-state index contributed by atoms with van der Waals surface area (Å²) >= 11 is 5.95. The number of hydrogen-bond donors (Lipinski definition) is 1. The van der Waals surface area contributed by atoms with Crippen LogP contribution in [0.15, 0.2) is 76.7 Å². The van der Waals surface area contributed by atoms with E-state index in [1.807, 2.05) is 30.3 Å². The van der Waals surface area contributed by atoms with E-state index < -0.39 is 11.8 Å². The number of furan rings is 1. The minimum absolute atomic E-state index is 0.000984. The average molecular weight is 365 g/mol. The molecule has 2 heterocycles. The fraction of sp³-hybridized carbons (Fsp3) is 0. The molecule has 0 unspecified atom stereocenters. The summed E-state index contributed by atoms with van der Waals surface area (Å²) in [5.41, 5.74) is 3.94. The van der Waals surface area contributed by atoms with E-state index in [0.29, 0.717) is 22.2 Å². The summed E-state index contributed by atoms with van der Waals surface area (Å²) < 4.78 is 5.74. The number of carbonyl (C=O) groups is 2. The maximum Gasteiger partial charge on any atom is 0.282 e. The molecule has 0 radical (unpaired) electrons. The third-order valence-electron chi connectivity index (χ3n) is 3.93. The molecular formula is C20H13ClN2O3. The topological polar surface area (TPSA) is 62.6 Å². The van der Waals surface area contributed by atoms with Crippen LogP contribution in [0.1, 0.15) is 5.76 Å². The summed E-state index contributed by atoms with van der Waals surface area (Å²) in [4.78, 5) is 24.8. The van der Waals surface area contributed by atoms with Crippen LogP contribution in [0.25, 0.3) is 17.4 Å². The number of hydrogen-bond acceptors (Lipinski definition) is 3. The van der Waals surface area contributed by atoms with Crippen LogP contribution in [-0.2, 0) is 9.59 Å². The first-order valence-electron chi connectivity index (χ1n) is 7.90. The molecule has 4 rings (SSSR count). The lowest BCUT2D eigenvalue weighted by atomic mass is 10.2. The molecule has 0 bridgehead atoms. The van der Waals surface area contributed by atoms with Gasteiger partial charge in [0.2, 0.25) is 0 Å². The second-order valence-corrected chi connectivity index (χ2v) is 6.12. The quantitative estimate of drug-likeness (QED) is 0.563. The highest BCUT2D eigenvalue weighted by atomic mass is 35.5. The van der Waals surface area contributed by atoms with Gasteiger partial charge in [0.1, 0.15) is 17.1 Å². The predicted octanol–water partition coefficient (Wildman–Crippen LogP) is 4.06. The van der Waals surface area contributed by atoms with Crippen molar-refractivity contribution in [1.29, 1.82) is 0 Å². The average Bonchev–Trinajstić information content (AvgIpc) is 3.23. The predicted molar refractivity (Wildman–Crippen MR) is 99.2 cm³/mol. The van der Waals surface area contributed by atoms with Crippen LogP contribution >= 0.6 is 11.6 Å². The monoisotopic (exact) mass is 364 g/mol. The van der Waals surface area contributed by atoms with Crippen LogP contribution in [0.2, 0.25) is 5.02 Å². The van der Waals surface area contributed by atoms with Gasteiger partial charge in [0.05, 0.1) is 5.69 Å². The fourth-order valence-corrected chi connectivity index (χ4v) is 2.87. The summed E-state index contributed by atoms with van der Waals surface area (Å²) in [5.74, 6) is 0.132. The largest absolute Gasteiger partial charge is 0.457 e. The summed E-state index contributed by atoms with van der Waals surface area (Å²) in [6.07, 6.45) is 1.44. The Morgan fingerprint density at radius 2 is 1.77 bits per heavy atom. The zero-order valence-corrected chi connectivity index (χ0v) is 14.2. The number of benzene rings is 2. The molecule has 6 heteroatoms. The second kappa shape index (κ2) is 6.54. The van der Waals surface area contributed by atoms with Crippen LogP contribution in [0.5, 0.6) is 0 Å². The Morgan fingerprint density at radius 3 is 2.54 bits per heavy atom. The van der Waals surface area contributed by atoms with Gasteiger partial charge in [0, 0.05) is 10.6 Å². The molecule has 2 amide bonds. The Bertz CT molecular complexity index is 1020. The zero-order valence-electron chi connectivity index (χ0n) is 13.5. The van der Waals surface area contributed by atoms with E-state index in [-0.39, 0.29) is 5.57 Å². The zero-order chi connectivity index (χ0) is 18.1. The van der Waals surface area contributed by atoms with Gasteiger partial charge in [-0.15, -0.1) is 0 Å². The summed E-state index contributed by atoms with van der Waals surface area (Å²) in [6, 6.07) is 19.8. The van der Waals surface area contributed by atoms with Crippen LogP contribution < -0.4 is 10.4 Å². The smallest absolute Gasteiger partial charge is 0.282 e.